The standard InChI is InChI=1S/C28H37NO12/c1-4-38-25(34)41-28(22(32)15-39-23(33)16-37-11-12-40-29(35)36)10-8-20-19-6-5-17-13-18(30)7-9-26(17,2)24(19)21(31)14-27(20,28)3/h5,7,9,19-21,24,31H,4,6,8,10-16H2,1-3H3/t19-,20-,21-,24+,26-,27-,28-/m0/s1. The molecule has 4 aliphatic rings. The Kier molecular flexibility index (Phi) is 8.88. The number of rotatable bonds is 11. The van der Waals surface area contributed by atoms with E-state index >= 15 is 0 Å². The van der Waals surface area contributed by atoms with Gasteiger partial charge < -0.3 is 28.9 Å². The Labute approximate surface area is 237 Å². The lowest BCUT2D eigenvalue weighted by Gasteiger charge is -2.59. The summed E-state index contributed by atoms with van der Waals surface area (Å²) in [6.07, 6.45) is 5.45. The molecule has 0 bridgehead atoms. The first-order chi connectivity index (χ1) is 19.4. The Bertz CT molecular complexity index is 1150. The molecule has 0 amide bonds. The van der Waals surface area contributed by atoms with E-state index in [1.807, 2.05) is 19.9 Å². The van der Waals surface area contributed by atoms with Crippen LogP contribution >= 0.6 is 0 Å². The van der Waals surface area contributed by atoms with Crippen molar-refractivity contribution in [3.8, 4) is 0 Å². The lowest BCUT2D eigenvalue weighted by atomic mass is 9.47. The molecule has 2 saturated carbocycles. The Morgan fingerprint density at radius 1 is 1.17 bits per heavy atom. The van der Waals surface area contributed by atoms with Crippen LogP contribution in [0.5, 0.6) is 0 Å². The molecule has 0 aliphatic heterocycles. The van der Waals surface area contributed by atoms with Crippen LogP contribution < -0.4 is 0 Å². The predicted octanol–water partition coefficient (Wildman–Crippen LogP) is 2.51. The van der Waals surface area contributed by atoms with E-state index in [9.17, 15) is 34.4 Å². The fourth-order valence-corrected chi connectivity index (χ4v) is 7.83. The molecule has 7 atom stereocenters. The normalized spacial score (nSPS) is 35.3. The molecule has 0 saturated heterocycles. The van der Waals surface area contributed by atoms with Crippen molar-refractivity contribution in [1.82, 2.24) is 0 Å². The van der Waals surface area contributed by atoms with Gasteiger partial charge >= 0.3 is 12.1 Å². The summed E-state index contributed by atoms with van der Waals surface area (Å²) in [4.78, 5) is 65.1. The second kappa shape index (κ2) is 11.9. The molecule has 4 aliphatic carbocycles. The minimum Gasteiger partial charge on any atom is -0.456 e. The first-order valence-electron chi connectivity index (χ1n) is 13.9. The van der Waals surface area contributed by atoms with Gasteiger partial charge in [0.05, 0.1) is 19.3 Å². The first kappa shape index (κ1) is 30.6. The summed E-state index contributed by atoms with van der Waals surface area (Å²) in [6.45, 7) is 3.64. The van der Waals surface area contributed by atoms with Crippen LogP contribution in [0.15, 0.2) is 23.8 Å². The minimum atomic E-state index is -1.71. The van der Waals surface area contributed by atoms with Gasteiger partial charge in [-0.15, -0.1) is 10.1 Å². The van der Waals surface area contributed by atoms with Crippen molar-refractivity contribution in [1.29, 1.82) is 0 Å². The number of ether oxygens (including phenoxy) is 4. The number of hydrogen-bond donors (Lipinski definition) is 1. The largest absolute Gasteiger partial charge is 0.509 e. The highest BCUT2D eigenvalue weighted by Crippen LogP contribution is 2.67. The van der Waals surface area contributed by atoms with Crippen LogP contribution in [-0.2, 0) is 38.2 Å². The van der Waals surface area contributed by atoms with Crippen molar-refractivity contribution < 1.29 is 53.2 Å². The van der Waals surface area contributed by atoms with Gasteiger partial charge in [0.15, 0.2) is 18.0 Å². The number of ketones is 2. The van der Waals surface area contributed by atoms with E-state index < -0.39 is 58.7 Å². The highest BCUT2D eigenvalue weighted by atomic mass is 17.0. The van der Waals surface area contributed by atoms with Crippen molar-refractivity contribution in [3.05, 3.63) is 33.9 Å². The number of Topliss-reactive ketones (excluding diaryl/α,β-unsaturated/α-hetero) is 1. The van der Waals surface area contributed by atoms with Crippen LogP contribution in [0.2, 0.25) is 0 Å². The zero-order valence-electron chi connectivity index (χ0n) is 23.5. The van der Waals surface area contributed by atoms with E-state index in [2.05, 4.69) is 10.9 Å². The van der Waals surface area contributed by atoms with Crippen LogP contribution in [0, 0.1) is 38.7 Å². The third-order valence-corrected chi connectivity index (χ3v) is 9.55. The van der Waals surface area contributed by atoms with Crippen molar-refractivity contribution in [2.45, 2.75) is 64.6 Å². The van der Waals surface area contributed by atoms with Gasteiger partial charge in [0.1, 0.15) is 13.2 Å². The number of carbonyl (C=O) groups excluding carboxylic acids is 4. The Morgan fingerprint density at radius 2 is 1.93 bits per heavy atom. The molecule has 0 aromatic rings. The van der Waals surface area contributed by atoms with E-state index in [0.717, 1.165) is 5.57 Å². The molecule has 226 valence electrons. The number of esters is 1. The molecule has 4 rings (SSSR count). The monoisotopic (exact) mass is 579 g/mol. The maximum absolute atomic E-state index is 13.8. The second-order valence-corrected chi connectivity index (χ2v) is 11.6. The van der Waals surface area contributed by atoms with Crippen LogP contribution in [0.1, 0.15) is 52.9 Å². The molecule has 41 heavy (non-hydrogen) atoms. The quantitative estimate of drug-likeness (QED) is 0.124. The SMILES string of the molecule is CCOC(=O)O[C@]1(C(=O)COC(=O)COCCO[N+](=O)[O-])CC[C@H]2[C@@H]3CC=C4CC(=O)C=C[C@]4(C)[C@H]3[C@@H](O)C[C@@]21C. The minimum absolute atomic E-state index is 0.0278. The second-order valence-electron chi connectivity index (χ2n) is 11.6. The zero-order chi connectivity index (χ0) is 30.0. The number of allylic oxidation sites excluding steroid dienone is 4. The third kappa shape index (κ3) is 5.61. The fourth-order valence-electron chi connectivity index (χ4n) is 7.83. The van der Waals surface area contributed by atoms with Gasteiger partial charge in [-0.05, 0) is 50.5 Å². The predicted molar refractivity (Wildman–Crippen MR) is 139 cm³/mol. The zero-order valence-corrected chi connectivity index (χ0v) is 23.5. The van der Waals surface area contributed by atoms with E-state index in [1.54, 1.807) is 13.0 Å². The molecular weight excluding hydrogens is 542 g/mol. The summed E-state index contributed by atoms with van der Waals surface area (Å²) in [5, 5.41) is 20.8. The van der Waals surface area contributed by atoms with E-state index in [4.69, 9.17) is 18.9 Å². The van der Waals surface area contributed by atoms with Gasteiger partial charge in [0.2, 0.25) is 5.78 Å². The van der Waals surface area contributed by atoms with Crippen molar-refractivity contribution in [2.75, 3.05) is 33.0 Å². The molecule has 0 heterocycles. The van der Waals surface area contributed by atoms with Crippen LogP contribution in [0.25, 0.3) is 0 Å². The van der Waals surface area contributed by atoms with Gasteiger partial charge in [-0.3, -0.25) is 9.59 Å². The summed E-state index contributed by atoms with van der Waals surface area (Å²) in [5.41, 5.74) is -2.21. The number of carbonyl (C=O) groups is 4. The first-order valence-corrected chi connectivity index (χ1v) is 13.9. The summed E-state index contributed by atoms with van der Waals surface area (Å²) in [5.74, 6) is -1.84. The Morgan fingerprint density at radius 3 is 2.63 bits per heavy atom. The number of hydrogen-bond acceptors (Lipinski definition) is 12. The smallest absolute Gasteiger partial charge is 0.456 e. The van der Waals surface area contributed by atoms with E-state index in [-0.39, 0.29) is 56.2 Å². The number of nitrogens with zero attached hydrogens (tertiary/aromatic N) is 1. The topological polar surface area (TPSA) is 178 Å². The van der Waals surface area contributed by atoms with Gasteiger partial charge in [-0.1, -0.05) is 31.6 Å². The average Bonchev–Trinajstić information content (AvgIpc) is 3.19. The third-order valence-electron chi connectivity index (χ3n) is 9.55. The Balaban J connectivity index is 1.54. The Hall–Kier alpha value is -3.32. The van der Waals surface area contributed by atoms with Gasteiger partial charge in [0.25, 0.3) is 5.09 Å². The molecule has 13 heteroatoms. The maximum atomic E-state index is 13.8. The summed E-state index contributed by atoms with van der Waals surface area (Å²) >= 11 is 0. The van der Waals surface area contributed by atoms with Crippen LogP contribution in [0.4, 0.5) is 4.79 Å². The highest BCUT2D eigenvalue weighted by Gasteiger charge is 2.70. The molecule has 2 fully saturated rings. The number of aliphatic hydroxyl groups excluding tert-OH is 1. The lowest BCUT2D eigenvalue weighted by Crippen LogP contribution is -2.63. The molecule has 0 aromatic carbocycles. The van der Waals surface area contributed by atoms with E-state index in [0.29, 0.717) is 19.3 Å². The van der Waals surface area contributed by atoms with Gasteiger partial charge in [0, 0.05) is 23.2 Å². The molecular formula is C28H37NO12. The number of aliphatic hydroxyl groups is 1. The van der Waals surface area contributed by atoms with Crippen LogP contribution in [0.3, 0.4) is 0 Å². The van der Waals surface area contributed by atoms with E-state index in [1.165, 1.54) is 0 Å². The number of fused-ring (bicyclic) bond motifs is 5. The van der Waals surface area contributed by atoms with Crippen molar-refractivity contribution in [2.24, 2.45) is 28.6 Å². The average molecular weight is 580 g/mol. The molecule has 1 N–H and O–H groups in total. The van der Waals surface area contributed by atoms with Gasteiger partial charge in [-0.2, -0.15) is 0 Å². The van der Waals surface area contributed by atoms with Gasteiger partial charge in [-0.25, -0.2) is 9.59 Å². The maximum Gasteiger partial charge on any atom is 0.509 e. The summed E-state index contributed by atoms with van der Waals surface area (Å²) < 4.78 is 21.0. The molecule has 0 radical (unpaired) electrons. The molecule has 0 unspecified atom stereocenters. The fraction of sp³-hybridized carbons (Fsp3) is 0.714. The summed E-state index contributed by atoms with van der Waals surface area (Å²) in [6, 6.07) is 0. The van der Waals surface area contributed by atoms with Crippen molar-refractivity contribution >= 4 is 23.7 Å². The lowest BCUT2D eigenvalue weighted by molar-refractivity contribution is -0.758. The van der Waals surface area contributed by atoms with Crippen molar-refractivity contribution in [3.63, 3.8) is 0 Å². The van der Waals surface area contributed by atoms with Crippen LogP contribution in [-0.4, -0.2) is 78.6 Å². The molecule has 13 nitrogen and oxygen atoms in total. The molecule has 0 aromatic heterocycles. The summed E-state index contributed by atoms with van der Waals surface area (Å²) in [7, 11) is 0. The highest BCUT2D eigenvalue weighted by molar-refractivity contribution is 5.94. The molecule has 0 spiro atoms.